The van der Waals surface area contributed by atoms with Crippen molar-refractivity contribution in [2.45, 2.75) is 25.4 Å². The average molecular weight is 229 g/mol. The summed E-state index contributed by atoms with van der Waals surface area (Å²) < 4.78 is 0. The number of rotatable bonds is 5. The molecule has 1 rings (SSSR count). The van der Waals surface area contributed by atoms with E-state index in [1.54, 1.807) is 0 Å². The molecule has 4 nitrogen and oxygen atoms in total. The standard InChI is InChI=1S/C12H27N3O/c1-12(16,9-13)10-15-6-4-11(5-7-15)8-14(2)3/h11,16H,4-10,13H2,1-3H3. The molecule has 1 atom stereocenters. The van der Waals surface area contributed by atoms with Gasteiger partial charge in [0.15, 0.2) is 0 Å². The fraction of sp³-hybridized carbons (Fsp3) is 1.00. The molecule has 0 aromatic rings. The van der Waals surface area contributed by atoms with Crippen LogP contribution in [-0.2, 0) is 0 Å². The van der Waals surface area contributed by atoms with Crippen molar-refractivity contribution in [2.75, 3.05) is 46.8 Å². The van der Waals surface area contributed by atoms with Crippen LogP contribution in [0.15, 0.2) is 0 Å². The summed E-state index contributed by atoms with van der Waals surface area (Å²) in [6.45, 7) is 6.23. The van der Waals surface area contributed by atoms with E-state index in [-0.39, 0.29) is 0 Å². The summed E-state index contributed by atoms with van der Waals surface area (Å²) in [6.07, 6.45) is 2.47. The van der Waals surface area contributed by atoms with Crippen LogP contribution in [0.4, 0.5) is 0 Å². The zero-order valence-electron chi connectivity index (χ0n) is 10.9. The van der Waals surface area contributed by atoms with Gasteiger partial charge in [-0.2, -0.15) is 0 Å². The Morgan fingerprint density at radius 1 is 1.38 bits per heavy atom. The number of hydrogen-bond donors (Lipinski definition) is 2. The third-order valence-corrected chi connectivity index (χ3v) is 3.33. The molecule has 0 saturated carbocycles. The van der Waals surface area contributed by atoms with E-state index in [1.165, 1.54) is 19.4 Å². The Morgan fingerprint density at radius 2 is 1.94 bits per heavy atom. The first-order valence-corrected chi connectivity index (χ1v) is 6.22. The van der Waals surface area contributed by atoms with Gasteiger partial charge in [-0.1, -0.05) is 0 Å². The number of piperidine rings is 1. The maximum absolute atomic E-state index is 9.91. The number of hydrogen-bond acceptors (Lipinski definition) is 4. The lowest BCUT2D eigenvalue weighted by molar-refractivity contribution is 0.0152. The SMILES string of the molecule is CN(C)CC1CCN(CC(C)(O)CN)CC1. The highest BCUT2D eigenvalue weighted by atomic mass is 16.3. The Hall–Kier alpha value is -0.160. The molecule has 0 aromatic heterocycles. The molecule has 1 saturated heterocycles. The quantitative estimate of drug-likeness (QED) is 0.695. The van der Waals surface area contributed by atoms with Crippen LogP contribution in [0.25, 0.3) is 0 Å². The molecule has 1 unspecified atom stereocenters. The third-order valence-electron chi connectivity index (χ3n) is 3.33. The topological polar surface area (TPSA) is 52.7 Å². The summed E-state index contributed by atoms with van der Waals surface area (Å²) in [4.78, 5) is 4.59. The minimum absolute atomic E-state index is 0.338. The van der Waals surface area contributed by atoms with Crippen molar-refractivity contribution in [2.24, 2.45) is 11.7 Å². The summed E-state index contributed by atoms with van der Waals surface area (Å²) in [7, 11) is 4.26. The zero-order valence-corrected chi connectivity index (χ0v) is 10.9. The molecule has 0 bridgehead atoms. The van der Waals surface area contributed by atoms with Gasteiger partial charge in [-0.05, 0) is 52.9 Å². The van der Waals surface area contributed by atoms with Crippen molar-refractivity contribution >= 4 is 0 Å². The molecular formula is C12H27N3O. The largest absolute Gasteiger partial charge is 0.388 e. The highest BCUT2D eigenvalue weighted by molar-refractivity contribution is 4.82. The van der Waals surface area contributed by atoms with Crippen molar-refractivity contribution < 1.29 is 5.11 Å². The second kappa shape index (κ2) is 5.96. The third kappa shape index (κ3) is 4.78. The maximum atomic E-state index is 9.91. The highest BCUT2D eigenvalue weighted by Crippen LogP contribution is 2.19. The van der Waals surface area contributed by atoms with Crippen molar-refractivity contribution in [3.8, 4) is 0 Å². The lowest BCUT2D eigenvalue weighted by atomic mass is 9.95. The molecule has 1 aliphatic heterocycles. The van der Waals surface area contributed by atoms with E-state index in [0.29, 0.717) is 13.1 Å². The van der Waals surface area contributed by atoms with Gasteiger partial charge in [0.1, 0.15) is 0 Å². The van der Waals surface area contributed by atoms with Crippen molar-refractivity contribution in [3.05, 3.63) is 0 Å². The summed E-state index contributed by atoms with van der Waals surface area (Å²) in [5.74, 6) is 0.814. The Balaban J connectivity index is 2.27. The maximum Gasteiger partial charge on any atom is 0.0867 e. The fourth-order valence-corrected chi connectivity index (χ4v) is 2.39. The van der Waals surface area contributed by atoms with Crippen molar-refractivity contribution in [3.63, 3.8) is 0 Å². The summed E-state index contributed by atoms with van der Waals surface area (Å²) in [5.41, 5.74) is 4.81. The van der Waals surface area contributed by atoms with Crippen molar-refractivity contribution in [1.29, 1.82) is 0 Å². The van der Waals surface area contributed by atoms with E-state index in [0.717, 1.165) is 19.0 Å². The first-order valence-electron chi connectivity index (χ1n) is 6.22. The first-order chi connectivity index (χ1) is 7.43. The molecule has 1 aliphatic rings. The van der Waals surface area contributed by atoms with Gasteiger partial charge in [0.05, 0.1) is 5.60 Å². The molecule has 0 amide bonds. The number of β-amino-alcohol motifs (C(OH)–C–C–N with tert-alkyl or cyclic N) is 1. The van der Waals surface area contributed by atoms with Gasteiger partial charge in [0, 0.05) is 19.6 Å². The van der Waals surface area contributed by atoms with Gasteiger partial charge >= 0.3 is 0 Å². The second-order valence-corrected chi connectivity index (χ2v) is 5.68. The van der Waals surface area contributed by atoms with E-state index < -0.39 is 5.60 Å². The van der Waals surface area contributed by atoms with E-state index in [1.807, 2.05) is 6.92 Å². The zero-order chi connectivity index (χ0) is 12.2. The average Bonchev–Trinajstić information content (AvgIpc) is 2.20. The highest BCUT2D eigenvalue weighted by Gasteiger charge is 2.26. The summed E-state index contributed by atoms with van der Waals surface area (Å²) in [6, 6.07) is 0. The lowest BCUT2D eigenvalue weighted by Gasteiger charge is -2.36. The van der Waals surface area contributed by atoms with E-state index in [2.05, 4.69) is 23.9 Å². The molecule has 96 valence electrons. The second-order valence-electron chi connectivity index (χ2n) is 5.68. The van der Waals surface area contributed by atoms with E-state index in [4.69, 9.17) is 5.73 Å². The molecule has 0 spiro atoms. The van der Waals surface area contributed by atoms with Crippen LogP contribution < -0.4 is 5.73 Å². The van der Waals surface area contributed by atoms with Gasteiger partial charge < -0.3 is 20.6 Å². The molecule has 1 heterocycles. The van der Waals surface area contributed by atoms with Gasteiger partial charge in [0.2, 0.25) is 0 Å². The van der Waals surface area contributed by atoms with Crippen LogP contribution in [0.5, 0.6) is 0 Å². The first kappa shape index (κ1) is 13.9. The Morgan fingerprint density at radius 3 is 2.38 bits per heavy atom. The fourth-order valence-electron chi connectivity index (χ4n) is 2.39. The monoisotopic (exact) mass is 229 g/mol. The van der Waals surface area contributed by atoms with Crippen LogP contribution in [0.1, 0.15) is 19.8 Å². The van der Waals surface area contributed by atoms with Gasteiger partial charge in [0.25, 0.3) is 0 Å². The van der Waals surface area contributed by atoms with E-state index >= 15 is 0 Å². The Kier molecular flexibility index (Phi) is 5.18. The van der Waals surface area contributed by atoms with Crippen LogP contribution in [-0.4, -0.2) is 67.3 Å². The van der Waals surface area contributed by atoms with Crippen LogP contribution in [0.3, 0.4) is 0 Å². The Bertz CT molecular complexity index is 198. The van der Waals surface area contributed by atoms with Crippen LogP contribution in [0, 0.1) is 5.92 Å². The molecule has 0 aromatic carbocycles. The predicted octanol–water partition coefficient (Wildman–Crippen LogP) is -0.0303. The number of nitrogens with two attached hydrogens (primary N) is 1. The normalized spacial score (nSPS) is 23.6. The van der Waals surface area contributed by atoms with Gasteiger partial charge in [-0.15, -0.1) is 0 Å². The molecule has 1 fully saturated rings. The Labute approximate surface area is 99.4 Å². The number of aliphatic hydroxyl groups is 1. The summed E-state index contributed by atoms with van der Waals surface area (Å²) in [5, 5.41) is 9.91. The van der Waals surface area contributed by atoms with Crippen molar-refractivity contribution in [1.82, 2.24) is 9.80 Å². The van der Waals surface area contributed by atoms with Crippen LogP contribution >= 0.6 is 0 Å². The molecule has 4 heteroatoms. The smallest absolute Gasteiger partial charge is 0.0867 e. The van der Waals surface area contributed by atoms with Gasteiger partial charge in [-0.3, -0.25) is 0 Å². The summed E-state index contributed by atoms with van der Waals surface area (Å²) >= 11 is 0. The minimum atomic E-state index is -0.728. The molecular weight excluding hydrogens is 202 g/mol. The lowest BCUT2D eigenvalue weighted by Crippen LogP contribution is -2.48. The van der Waals surface area contributed by atoms with Crippen LogP contribution in [0.2, 0.25) is 0 Å². The van der Waals surface area contributed by atoms with Gasteiger partial charge in [-0.25, -0.2) is 0 Å². The molecule has 0 aliphatic carbocycles. The predicted molar refractivity (Wildman–Crippen MR) is 67.4 cm³/mol. The van der Waals surface area contributed by atoms with E-state index in [9.17, 15) is 5.11 Å². The molecule has 3 N–H and O–H groups in total. The number of nitrogens with zero attached hydrogens (tertiary/aromatic N) is 2. The number of likely N-dealkylation sites (tertiary alicyclic amines) is 1. The minimum Gasteiger partial charge on any atom is -0.388 e. The molecule has 16 heavy (non-hydrogen) atoms. The molecule has 0 radical (unpaired) electrons.